The summed E-state index contributed by atoms with van der Waals surface area (Å²) in [6.45, 7) is 5.75. The van der Waals surface area contributed by atoms with Crippen molar-refractivity contribution in [1.82, 2.24) is 5.32 Å². The molecule has 0 fully saturated rings. The van der Waals surface area contributed by atoms with E-state index in [4.69, 9.17) is 0 Å². The van der Waals surface area contributed by atoms with Gasteiger partial charge in [-0.2, -0.15) is 0 Å². The first-order valence-electron chi connectivity index (χ1n) is 10.3. The number of amides is 1. The van der Waals surface area contributed by atoms with E-state index in [0.717, 1.165) is 23.1 Å². The van der Waals surface area contributed by atoms with Crippen LogP contribution < -0.4 is 9.62 Å². The molecule has 3 rings (SSSR count). The fourth-order valence-electron chi connectivity index (χ4n) is 3.44. The minimum absolute atomic E-state index is 0.118. The van der Waals surface area contributed by atoms with Crippen molar-refractivity contribution in [3.63, 3.8) is 0 Å². The molecule has 3 aromatic carbocycles. The topological polar surface area (TPSA) is 66.5 Å². The van der Waals surface area contributed by atoms with Crippen molar-refractivity contribution in [2.24, 2.45) is 0 Å². The number of anilines is 1. The summed E-state index contributed by atoms with van der Waals surface area (Å²) in [6, 6.07) is 21.5. The second kappa shape index (κ2) is 9.35. The van der Waals surface area contributed by atoms with Crippen molar-refractivity contribution < 1.29 is 13.2 Å². The van der Waals surface area contributed by atoms with E-state index in [2.05, 4.69) is 5.32 Å². The summed E-state index contributed by atoms with van der Waals surface area (Å²) in [5, 5.41) is 3.05. The van der Waals surface area contributed by atoms with Gasteiger partial charge in [0.1, 0.15) is 0 Å². The van der Waals surface area contributed by atoms with Crippen molar-refractivity contribution >= 4 is 21.6 Å². The number of hydrogen-bond acceptors (Lipinski definition) is 3. The summed E-state index contributed by atoms with van der Waals surface area (Å²) < 4.78 is 27.5. The second-order valence-electron chi connectivity index (χ2n) is 7.63. The Balaban J connectivity index is 1.88. The van der Waals surface area contributed by atoms with Crippen LogP contribution in [0.3, 0.4) is 0 Å². The van der Waals surface area contributed by atoms with Crippen LogP contribution in [0.15, 0.2) is 77.7 Å². The van der Waals surface area contributed by atoms with Crippen LogP contribution in [-0.4, -0.2) is 21.4 Å². The minimum atomic E-state index is -3.74. The van der Waals surface area contributed by atoms with E-state index >= 15 is 0 Å². The summed E-state index contributed by atoms with van der Waals surface area (Å²) in [4.78, 5) is 13.2. The Kier molecular flexibility index (Phi) is 6.81. The number of rotatable bonds is 7. The molecule has 0 heterocycles. The summed E-state index contributed by atoms with van der Waals surface area (Å²) in [7, 11) is -2.23. The second-order valence-corrected chi connectivity index (χ2v) is 9.60. The van der Waals surface area contributed by atoms with Gasteiger partial charge in [-0.15, -0.1) is 0 Å². The van der Waals surface area contributed by atoms with Crippen LogP contribution in [0.1, 0.15) is 46.4 Å². The molecule has 5 nitrogen and oxygen atoms in total. The monoisotopic (exact) mass is 436 g/mol. The average Bonchev–Trinajstić information content (AvgIpc) is 2.78. The fourth-order valence-corrected chi connectivity index (χ4v) is 4.69. The molecule has 1 amide bonds. The average molecular weight is 437 g/mol. The molecule has 0 aliphatic rings. The number of carbonyl (C=O) groups excluding carboxylic acids is 1. The molecular weight excluding hydrogens is 408 g/mol. The molecule has 0 aromatic heterocycles. The van der Waals surface area contributed by atoms with Gasteiger partial charge in [-0.05, 0) is 55.7 Å². The Morgan fingerprint density at radius 2 is 1.61 bits per heavy atom. The van der Waals surface area contributed by atoms with Crippen LogP contribution in [0.2, 0.25) is 0 Å². The molecule has 0 radical (unpaired) electrons. The van der Waals surface area contributed by atoms with Gasteiger partial charge in [0.25, 0.3) is 15.9 Å². The normalized spacial score (nSPS) is 12.3. The molecule has 0 saturated carbocycles. The van der Waals surface area contributed by atoms with Crippen molar-refractivity contribution in [3.05, 3.63) is 95.1 Å². The number of benzene rings is 3. The number of carbonyl (C=O) groups is 1. The van der Waals surface area contributed by atoms with Crippen LogP contribution in [0.5, 0.6) is 0 Å². The number of nitrogens with zero attached hydrogens (tertiary/aromatic N) is 1. The van der Waals surface area contributed by atoms with E-state index in [-0.39, 0.29) is 16.8 Å². The van der Waals surface area contributed by atoms with E-state index in [0.29, 0.717) is 11.3 Å². The van der Waals surface area contributed by atoms with Crippen molar-refractivity contribution in [2.75, 3.05) is 11.4 Å². The highest BCUT2D eigenvalue weighted by molar-refractivity contribution is 7.92. The lowest BCUT2D eigenvalue weighted by Gasteiger charge is -2.23. The molecule has 3 aromatic rings. The van der Waals surface area contributed by atoms with Gasteiger partial charge in [-0.25, -0.2) is 8.42 Å². The number of nitrogens with one attached hydrogen (secondary N) is 1. The van der Waals surface area contributed by atoms with E-state index in [9.17, 15) is 13.2 Å². The summed E-state index contributed by atoms with van der Waals surface area (Å²) in [6.07, 6.45) is 0.746. The number of sulfonamides is 1. The molecule has 1 N–H and O–H groups in total. The third kappa shape index (κ3) is 4.97. The zero-order valence-electron chi connectivity index (χ0n) is 18.3. The third-order valence-electron chi connectivity index (χ3n) is 5.41. The van der Waals surface area contributed by atoms with Crippen molar-refractivity contribution in [1.29, 1.82) is 0 Å². The largest absolute Gasteiger partial charge is 0.345 e. The van der Waals surface area contributed by atoms with Gasteiger partial charge >= 0.3 is 0 Å². The van der Waals surface area contributed by atoms with Crippen LogP contribution in [-0.2, 0) is 10.0 Å². The quantitative estimate of drug-likeness (QED) is 0.566. The first-order chi connectivity index (χ1) is 14.7. The predicted octanol–water partition coefficient (Wildman–Crippen LogP) is 5.01. The molecule has 31 heavy (non-hydrogen) atoms. The molecule has 162 valence electrons. The fraction of sp³-hybridized carbons (Fsp3) is 0.240. The van der Waals surface area contributed by atoms with Crippen LogP contribution >= 0.6 is 0 Å². The predicted molar refractivity (Wildman–Crippen MR) is 125 cm³/mol. The highest BCUT2D eigenvalue weighted by Crippen LogP contribution is 2.27. The molecule has 1 atom stereocenters. The van der Waals surface area contributed by atoms with E-state index in [1.165, 1.54) is 11.4 Å². The Morgan fingerprint density at radius 3 is 2.23 bits per heavy atom. The lowest BCUT2D eigenvalue weighted by molar-refractivity contribution is 0.0935. The zero-order valence-corrected chi connectivity index (χ0v) is 19.1. The molecule has 0 unspecified atom stereocenters. The van der Waals surface area contributed by atoms with Gasteiger partial charge in [-0.3, -0.25) is 9.10 Å². The molecule has 0 bridgehead atoms. The smallest absolute Gasteiger partial charge is 0.264 e. The lowest BCUT2D eigenvalue weighted by atomic mass is 10.0. The SMILES string of the molecule is CC[C@@H](NC(=O)c1ccc(C)c(N(C)S(=O)(=O)c2ccc(C)cc2)c1)c1ccccc1. The number of aryl methyl sites for hydroxylation is 2. The maximum atomic E-state index is 13.1. The van der Waals surface area contributed by atoms with E-state index in [1.807, 2.05) is 51.1 Å². The van der Waals surface area contributed by atoms with E-state index < -0.39 is 10.0 Å². The lowest BCUT2D eigenvalue weighted by Crippen LogP contribution is -2.30. The van der Waals surface area contributed by atoms with Crippen molar-refractivity contribution in [3.8, 4) is 0 Å². The highest BCUT2D eigenvalue weighted by Gasteiger charge is 2.24. The van der Waals surface area contributed by atoms with Crippen LogP contribution in [0, 0.1) is 13.8 Å². The molecule has 0 aliphatic carbocycles. The van der Waals surface area contributed by atoms with Gasteiger partial charge in [0.05, 0.1) is 16.6 Å². The van der Waals surface area contributed by atoms with Crippen LogP contribution in [0.4, 0.5) is 5.69 Å². The number of hydrogen-bond donors (Lipinski definition) is 1. The van der Waals surface area contributed by atoms with E-state index in [1.54, 1.807) is 42.5 Å². The minimum Gasteiger partial charge on any atom is -0.345 e. The van der Waals surface area contributed by atoms with Gasteiger partial charge in [0.2, 0.25) is 0 Å². The molecule has 6 heteroatoms. The Morgan fingerprint density at radius 1 is 0.968 bits per heavy atom. The first kappa shape index (κ1) is 22.6. The van der Waals surface area contributed by atoms with Crippen LogP contribution in [0.25, 0.3) is 0 Å². The first-order valence-corrected chi connectivity index (χ1v) is 11.7. The maximum absolute atomic E-state index is 13.1. The molecule has 0 aliphatic heterocycles. The summed E-state index contributed by atoms with van der Waals surface area (Å²) >= 11 is 0. The maximum Gasteiger partial charge on any atom is 0.264 e. The molecule has 0 saturated heterocycles. The Labute approximate surface area is 184 Å². The summed E-state index contributed by atoms with van der Waals surface area (Å²) in [5.74, 6) is -0.238. The van der Waals surface area contributed by atoms with Gasteiger partial charge in [0, 0.05) is 12.6 Å². The molecular formula is C25H28N2O3S. The molecule has 0 spiro atoms. The third-order valence-corrected chi connectivity index (χ3v) is 7.19. The highest BCUT2D eigenvalue weighted by atomic mass is 32.2. The van der Waals surface area contributed by atoms with Crippen molar-refractivity contribution in [2.45, 2.75) is 38.1 Å². The summed E-state index contributed by atoms with van der Waals surface area (Å²) in [5.41, 5.74) is 3.68. The van der Waals surface area contributed by atoms with Gasteiger partial charge < -0.3 is 5.32 Å². The standard InChI is InChI=1S/C25H28N2O3S/c1-5-23(20-9-7-6-8-10-20)26-25(28)21-14-13-19(3)24(17-21)27(4)31(29,30)22-15-11-18(2)12-16-22/h6-17,23H,5H2,1-4H3,(H,26,28)/t23-/m1/s1. The Bertz CT molecular complexity index is 1160. The van der Waals surface area contributed by atoms with Gasteiger partial charge in [-0.1, -0.05) is 61.0 Å². The Hall–Kier alpha value is -3.12. The zero-order chi connectivity index (χ0) is 22.6. The van der Waals surface area contributed by atoms with Gasteiger partial charge in [0.15, 0.2) is 0 Å².